The predicted octanol–water partition coefficient (Wildman–Crippen LogP) is 4.11. The van der Waals surface area contributed by atoms with Gasteiger partial charge < -0.3 is 18.8 Å². The highest BCUT2D eigenvalue weighted by Crippen LogP contribution is 2.37. The third kappa shape index (κ3) is 4.28. The Balaban J connectivity index is 1.43. The summed E-state index contributed by atoms with van der Waals surface area (Å²) in [7, 11) is 0. The third-order valence-corrected chi connectivity index (χ3v) is 6.10. The summed E-state index contributed by atoms with van der Waals surface area (Å²) in [6.45, 7) is 4.56. The van der Waals surface area contributed by atoms with E-state index in [0.29, 0.717) is 25.1 Å². The number of carbonyl (C=O) groups excluding carboxylic acids is 2. The van der Waals surface area contributed by atoms with Crippen molar-refractivity contribution in [1.82, 2.24) is 9.88 Å². The monoisotopic (exact) mass is 446 g/mol. The van der Waals surface area contributed by atoms with Crippen molar-refractivity contribution in [2.24, 2.45) is 0 Å². The maximum atomic E-state index is 13.3. The number of esters is 1. The molecule has 1 aliphatic heterocycles. The first-order valence-corrected chi connectivity index (χ1v) is 11.3. The van der Waals surface area contributed by atoms with Crippen LogP contribution in [0.4, 0.5) is 0 Å². The molecule has 2 atom stereocenters. The lowest BCUT2D eigenvalue weighted by molar-refractivity contribution is -0.146. The minimum atomic E-state index is -0.494. The summed E-state index contributed by atoms with van der Waals surface area (Å²) < 4.78 is 16.7. The molecule has 0 radical (unpaired) electrons. The Morgan fingerprint density at radius 2 is 1.91 bits per heavy atom. The van der Waals surface area contributed by atoms with Crippen LogP contribution in [-0.2, 0) is 20.7 Å². The summed E-state index contributed by atoms with van der Waals surface area (Å²) in [6.07, 6.45) is 4.94. The second-order valence-electron chi connectivity index (χ2n) is 8.65. The molecule has 170 valence electrons. The third-order valence-electron chi connectivity index (χ3n) is 6.10. The smallest absolute Gasteiger partial charge is 0.339 e. The van der Waals surface area contributed by atoms with Crippen LogP contribution in [0.2, 0.25) is 0 Å². The van der Waals surface area contributed by atoms with E-state index in [1.807, 2.05) is 56.3 Å². The summed E-state index contributed by atoms with van der Waals surface area (Å²) in [5.41, 5.74) is 3.89. The topological polar surface area (TPSA) is 81.9 Å². The number of allylic oxidation sites excluding steroid dienone is 1. The lowest BCUT2D eigenvalue weighted by Gasteiger charge is -2.35. The average molecular weight is 447 g/mol. The number of amides is 1. The van der Waals surface area contributed by atoms with Crippen molar-refractivity contribution in [2.75, 3.05) is 19.7 Å². The standard InChI is InChI=1S/C26H26N2O5/c1-16-13-28(14-17(2)33-16)23(29)15-32-26(30)24-20-7-3-4-8-22(20)27-25-18(9-10-21(24)25)12-19-6-5-11-31-19/h3-8,11-12,16-17H,9-10,13-15H2,1-2H3/b18-12-/t16-,17+. The number of pyridine rings is 1. The van der Waals surface area contributed by atoms with Gasteiger partial charge in [0, 0.05) is 18.5 Å². The Morgan fingerprint density at radius 1 is 1.12 bits per heavy atom. The van der Waals surface area contributed by atoms with Gasteiger partial charge in [0.05, 0.1) is 35.2 Å². The fourth-order valence-corrected chi connectivity index (χ4v) is 4.73. The van der Waals surface area contributed by atoms with Crippen LogP contribution in [0.15, 0.2) is 47.1 Å². The molecule has 0 bridgehead atoms. The molecule has 0 unspecified atom stereocenters. The van der Waals surface area contributed by atoms with E-state index in [4.69, 9.17) is 18.9 Å². The zero-order valence-electron chi connectivity index (χ0n) is 18.7. The number of aromatic nitrogens is 1. The summed E-state index contributed by atoms with van der Waals surface area (Å²) >= 11 is 0. The van der Waals surface area contributed by atoms with Crippen molar-refractivity contribution in [3.63, 3.8) is 0 Å². The van der Waals surface area contributed by atoms with E-state index in [1.54, 1.807) is 11.2 Å². The summed E-state index contributed by atoms with van der Waals surface area (Å²) in [4.78, 5) is 32.5. The normalized spacial score (nSPS) is 21.4. The van der Waals surface area contributed by atoms with Crippen LogP contribution in [0.5, 0.6) is 0 Å². The Bertz CT molecular complexity index is 1220. The van der Waals surface area contributed by atoms with Crippen molar-refractivity contribution in [3.8, 4) is 0 Å². The van der Waals surface area contributed by atoms with Crippen LogP contribution in [-0.4, -0.2) is 53.7 Å². The molecule has 0 saturated carbocycles. The Labute approximate surface area is 192 Å². The maximum absolute atomic E-state index is 13.3. The number of rotatable bonds is 4. The lowest BCUT2D eigenvalue weighted by Crippen LogP contribution is -2.49. The molecule has 7 nitrogen and oxygen atoms in total. The first-order valence-electron chi connectivity index (χ1n) is 11.3. The van der Waals surface area contributed by atoms with Crippen LogP contribution in [0.3, 0.4) is 0 Å². The molecule has 2 aromatic heterocycles. The van der Waals surface area contributed by atoms with E-state index in [1.165, 1.54) is 0 Å². The van der Waals surface area contributed by atoms with Gasteiger partial charge in [-0.2, -0.15) is 0 Å². The van der Waals surface area contributed by atoms with E-state index >= 15 is 0 Å². The van der Waals surface area contributed by atoms with Gasteiger partial charge in [-0.05, 0) is 62.1 Å². The maximum Gasteiger partial charge on any atom is 0.339 e. The van der Waals surface area contributed by atoms with E-state index in [0.717, 1.165) is 39.9 Å². The highest BCUT2D eigenvalue weighted by Gasteiger charge is 2.30. The lowest BCUT2D eigenvalue weighted by atomic mass is 10.0. The Kier molecular flexibility index (Phi) is 5.72. The summed E-state index contributed by atoms with van der Waals surface area (Å²) in [5, 5.41) is 0.738. The fraction of sp³-hybridized carbons (Fsp3) is 0.346. The van der Waals surface area contributed by atoms with Crippen molar-refractivity contribution >= 4 is 34.4 Å². The molecule has 3 heterocycles. The van der Waals surface area contributed by atoms with Crippen molar-refractivity contribution in [3.05, 3.63) is 65.2 Å². The number of hydrogen-bond donors (Lipinski definition) is 0. The van der Waals surface area contributed by atoms with Gasteiger partial charge in [0.2, 0.25) is 0 Å². The van der Waals surface area contributed by atoms with Crippen molar-refractivity contribution in [2.45, 2.75) is 38.9 Å². The minimum Gasteiger partial charge on any atom is -0.465 e. The molecule has 1 saturated heterocycles. The Hall–Kier alpha value is -3.45. The van der Waals surface area contributed by atoms with Crippen LogP contribution in [0.1, 0.15) is 47.6 Å². The molecule has 5 rings (SSSR count). The minimum absolute atomic E-state index is 0.0415. The zero-order chi connectivity index (χ0) is 22.9. The average Bonchev–Trinajstić information content (AvgIpc) is 3.45. The molecule has 1 aromatic carbocycles. The molecule has 3 aromatic rings. The Morgan fingerprint density at radius 3 is 2.67 bits per heavy atom. The van der Waals surface area contributed by atoms with Gasteiger partial charge >= 0.3 is 5.97 Å². The zero-order valence-corrected chi connectivity index (χ0v) is 18.7. The molecule has 1 aliphatic carbocycles. The number of hydrogen-bond acceptors (Lipinski definition) is 6. The second-order valence-corrected chi connectivity index (χ2v) is 8.65. The van der Waals surface area contributed by atoms with Crippen LogP contribution in [0.25, 0.3) is 22.6 Å². The highest BCUT2D eigenvalue weighted by molar-refractivity contribution is 6.07. The number of fused-ring (bicyclic) bond motifs is 2. The van der Waals surface area contributed by atoms with Gasteiger partial charge in [-0.1, -0.05) is 18.2 Å². The first-order chi connectivity index (χ1) is 16.0. The van der Waals surface area contributed by atoms with E-state index in [9.17, 15) is 9.59 Å². The van der Waals surface area contributed by atoms with Crippen LogP contribution in [0, 0.1) is 0 Å². The molecule has 7 heteroatoms. The summed E-state index contributed by atoms with van der Waals surface area (Å²) in [5.74, 6) is 0.0436. The summed E-state index contributed by atoms with van der Waals surface area (Å²) in [6, 6.07) is 11.3. The van der Waals surface area contributed by atoms with Crippen LogP contribution < -0.4 is 0 Å². The number of ether oxygens (including phenoxy) is 2. The number of para-hydroxylation sites is 1. The molecule has 1 fully saturated rings. The molecular formula is C26H26N2O5. The van der Waals surface area contributed by atoms with Gasteiger partial charge in [0.1, 0.15) is 5.76 Å². The number of nitrogens with zero attached hydrogens (tertiary/aromatic N) is 2. The van der Waals surface area contributed by atoms with Gasteiger partial charge in [-0.25, -0.2) is 9.78 Å². The van der Waals surface area contributed by atoms with Crippen molar-refractivity contribution < 1.29 is 23.5 Å². The van der Waals surface area contributed by atoms with Gasteiger partial charge in [-0.15, -0.1) is 0 Å². The van der Waals surface area contributed by atoms with E-state index < -0.39 is 5.97 Å². The molecule has 0 N–H and O–H groups in total. The van der Waals surface area contributed by atoms with Gasteiger partial charge in [0.15, 0.2) is 6.61 Å². The molecule has 0 spiro atoms. The van der Waals surface area contributed by atoms with Crippen molar-refractivity contribution in [1.29, 1.82) is 0 Å². The molecule has 2 aliphatic rings. The molecule has 1 amide bonds. The fourth-order valence-electron chi connectivity index (χ4n) is 4.73. The predicted molar refractivity (Wildman–Crippen MR) is 124 cm³/mol. The quantitative estimate of drug-likeness (QED) is 0.561. The molecule has 33 heavy (non-hydrogen) atoms. The number of morpholine rings is 1. The van der Waals surface area contributed by atoms with E-state index in [2.05, 4.69) is 0 Å². The number of benzene rings is 1. The van der Waals surface area contributed by atoms with Crippen LogP contribution >= 0.6 is 0 Å². The van der Waals surface area contributed by atoms with E-state index in [-0.39, 0.29) is 24.7 Å². The highest BCUT2D eigenvalue weighted by atomic mass is 16.5. The number of furan rings is 1. The largest absolute Gasteiger partial charge is 0.465 e. The van der Waals surface area contributed by atoms with Gasteiger partial charge in [0.25, 0.3) is 5.91 Å². The SMILES string of the molecule is C[C@@H]1CN(C(=O)COC(=O)c2c3c(nc4ccccc24)/C(=C\c2ccco2)CC3)C[C@H](C)O1. The second kappa shape index (κ2) is 8.83. The van der Waals surface area contributed by atoms with Gasteiger partial charge in [-0.3, -0.25) is 4.79 Å². The first kappa shape index (κ1) is 21.4. The molecular weight excluding hydrogens is 420 g/mol. The number of carbonyl (C=O) groups is 2.